The van der Waals surface area contributed by atoms with Gasteiger partial charge in [0, 0.05) is 16.3 Å². The molecule has 2 aromatic rings. The van der Waals surface area contributed by atoms with Crippen molar-refractivity contribution >= 4 is 29.3 Å². The van der Waals surface area contributed by atoms with Crippen molar-refractivity contribution in [2.45, 2.75) is 18.7 Å². The first-order chi connectivity index (χ1) is 11.0. The number of hydrogen-bond acceptors (Lipinski definition) is 2. The Bertz CT molecular complexity index is 659. The largest absolute Gasteiger partial charge is 0.349 e. The molecule has 1 amide bonds. The van der Waals surface area contributed by atoms with Gasteiger partial charge in [-0.25, -0.2) is 8.78 Å². The van der Waals surface area contributed by atoms with E-state index >= 15 is 0 Å². The van der Waals surface area contributed by atoms with Crippen LogP contribution in [0.2, 0.25) is 5.02 Å². The minimum Gasteiger partial charge on any atom is -0.349 e. The van der Waals surface area contributed by atoms with Crippen molar-refractivity contribution in [2.75, 3.05) is 5.75 Å². The molecule has 23 heavy (non-hydrogen) atoms. The van der Waals surface area contributed by atoms with Crippen molar-refractivity contribution in [3.05, 3.63) is 70.2 Å². The summed E-state index contributed by atoms with van der Waals surface area (Å²) in [5.41, 5.74) is 1.22. The van der Waals surface area contributed by atoms with E-state index in [9.17, 15) is 13.6 Å². The molecule has 0 bridgehead atoms. The lowest BCUT2D eigenvalue weighted by molar-refractivity contribution is -0.119. The fourth-order valence-corrected chi connectivity index (χ4v) is 3.21. The highest BCUT2D eigenvalue weighted by atomic mass is 35.5. The first-order valence-corrected chi connectivity index (χ1v) is 8.56. The average molecular weight is 356 g/mol. The van der Waals surface area contributed by atoms with Gasteiger partial charge in [0.25, 0.3) is 0 Å². The van der Waals surface area contributed by atoms with Gasteiger partial charge in [-0.05, 0) is 36.8 Å². The smallest absolute Gasteiger partial charge is 0.230 e. The Hall–Kier alpha value is -1.59. The number of carbonyl (C=O) groups excluding carboxylic acids is 1. The predicted molar refractivity (Wildman–Crippen MR) is 90.5 cm³/mol. The molecule has 0 saturated carbocycles. The number of amides is 1. The van der Waals surface area contributed by atoms with E-state index in [0.717, 1.165) is 5.56 Å². The standard InChI is InChI=1S/C17H16ClF2NOS/c1-11(12-5-7-13(19)8-6-12)21-17(22)10-23-9-14-15(18)3-2-4-16(14)20/h2-8,11H,9-10H2,1H3,(H,21,22)/t11-/m0/s1. The summed E-state index contributed by atoms with van der Waals surface area (Å²) in [4.78, 5) is 11.9. The van der Waals surface area contributed by atoms with Crippen LogP contribution in [0, 0.1) is 11.6 Å². The van der Waals surface area contributed by atoms with Crippen LogP contribution in [0.15, 0.2) is 42.5 Å². The molecule has 2 aromatic carbocycles. The zero-order valence-electron chi connectivity index (χ0n) is 12.5. The molecule has 0 radical (unpaired) electrons. The van der Waals surface area contributed by atoms with Gasteiger partial charge in [-0.2, -0.15) is 0 Å². The summed E-state index contributed by atoms with van der Waals surface area (Å²) in [6.45, 7) is 1.82. The summed E-state index contributed by atoms with van der Waals surface area (Å²) in [7, 11) is 0. The molecule has 0 saturated heterocycles. The first-order valence-electron chi connectivity index (χ1n) is 7.03. The van der Waals surface area contributed by atoms with Crippen molar-refractivity contribution in [3.8, 4) is 0 Å². The monoisotopic (exact) mass is 355 g/mol. The number of nitrogens with one attached hydrogen (secondary N) is 1. The number of halogens is 3. The van der Waals surface area contributed by atoms with Gasteiger partial charge in [0.2, 0.25) is 5.91 Å². The lowest BCUT2D eigenvalue weighted by atomic mass is 10.1. The Morgan fingerprint density at radius 3 is 2.57 bits per heavy atom. The Morgan fingerprint density at radius 1 is 1.22 bits per heavy atom. The van der Waals surface area contributed by atoms with Gasteiger partial charge in [-0.1, -0.05) is 29.8 Å². The van der Waals surface area contributed by atoms with Gasteiger partial charge in [0.15, 0.2) is 0 Å². The maximum absolute atomic E-state index is 13.6. The van der Waals surface area contributed by atoms with Gasteiger partial charge in [0.1, 0.15) is 11.6 Å². The summed E-state index contributed by atoms with van der Waals surface area (Å²) in [6, 6.07) is 10.3. The Kier molecular flexibility index (Phi) is 6.42. The van der Waals surface area contributed by atoms with Crippen molar-refractivity contribution in [2.24, 2.45) is 0 Å². The van der Waals surface area contributed by atoms with Crippen LogP contribution < -0.4 is 5.32 Å². The maximum Gasteiger partial charge on any atom is 0.230 e. The van der Waals surface area contributed by atoms with Crippen LogP contribution in [0.3, 0.4) is 0 Å². The molecular formula is C17H16ClF2NOS. The van der Waals surface area contributed by atoms with Crippen molar-refractivity contribution in [1.82, 2.24) is 5.32 Å². The van der Waals surface area contributed by atoms with E-state index < -0.39 is 0 Å². The second kappa shape index (κ2) is 8.31. The van der Waals surface area contributed by atoms with Crippen LogP contribution in [-0.2, 0) is 10.5 Å². The number of benzene rings is 2. The van der Waals surface area contributed by atoms with Crippen LogP contribution in [0.5, 0.6) is 0 Å². The predicted octanol–water partition coefficient (Wildman–Crippen LogP) is 4.73. The maximum atomic E-state index is 13.6. The SMILES string of the molecule is C[C@H](NC(=O)CSCc1c(F)cccc1Cl)c1ccc(F)cc1. The van der Waals surface area contributed by atoms with Crippen LogP contribution in [0.4, 0.5) is 8.78 Å². The molecule has 0 unspecified atom stereocenters. The van der Waals surface area contributed by atoms with Crippen molar-refractivity contribution in [3.63, 3.8) is 0 Å². The molecule has 6 heteroatoms. The van der Waals surface area contributed by atoms with Gasteiger partial charge < -0.3 is 5.32 Å². The zero-order chi connectivity index (χ0) is 16.8. The lowest BCUT2D eigenvalue weighted by Crippen LogP contribution is -2.28. The number of hydrogen-bond donors (Lipinski definition) is 1. The molecule has 0 aliphatic heterocycles. The molecule has 0 aliphatic rings. The fourth-order valence-electron chi connectivity index (χ4n) is 2.03. The molecular weight excluding hydrogens is 340 g/mol. The molecule has 0 aliphatic carbocycles. The highest BCUT2D eigenvalue weighted by Gasteiger charge is 2.11. The third-order valence-corrected chi connectivity index (χ3v) is 4.60. The molecule has 2 nitrogen and oxygen atoms in total. The van der Waals surface area contributed by atoms with E-state index in [1.807, 2.05) is 6.92 Å². The third-order valence-electron chi connectivity index (χ3n) is 3.29. The van der Waals surface area contributed by atoms with Crippen LogP contribution in [0.25, 0.3) is 0 Å². The van der Waals surface area contributed by atoms with E-state index in [-0.39, 0.29) is 29.3 Å². The van der Waals surface area contributed by atoms with Gasteiger partial charge >= 0.3 is 0 Å². The van der Waals surface area contributed by atoms with E-state index in [0.29, 0.717) is 16.3 Å². The van der Waals surface area contributed by atoms with Crippen LogP contribution in [0.1, 0.15) is 24.1 Å². The van der Waals surface area contributed by atoms with Crippen molar-refractivity contribution in [1.29, 1.82) is 0 Å². The highest BCUT2D eigenvalue weighted by Crippen LogP contribution is 2.24. The molecule has 0 aromatic heterocycles. The average Bonchev–Trinajstić information content (AvgIpc) is 2.51. The van der Waals surface area contributed by atoms with Gasteiger partial charge in [-0.3, -0.25) is 4.79 Å². The molecule has 0 spiro atoms. The van der Waals surface area contributed by atoms with Gasteiger partial charge in [-0.15, -0.1) is 11.8 Å². The molecule has 1 N–H and O–H groups in total. The van der Waals surface area contributed by atoms with E-state index in [4.69, 9.17) is 11.6 Å². The second-order valence-electron chi connectivity index (χ2n) is 5.03. The Morgan fingerprint density at radius 2 is 1.91 bits per heavy atom. The Labute approximate surface area is 143 Å². The highest BCUT2D eigenvalue weighted by molar-refractivity contribution is 7.99. The fraction of sp³-hybridized carbons (Fsp3) is 0.235. The minimum atomic E-state index is -0.370. The molecule has 0 heterocycles. The third kappa shape index (κ3) is 5.22. The summed E-state index contributed by atoms with van der Waals surface area (Å²) < 4.78 is 26.5. The normalized spacial score (nSPS) is 12.0. The number of rotatable bonds is 6. The summed E-state index contributed by atoms with van der Waals surface area (Å²) in [6.07, 6.45) is 0. The first kappa shape index (κ1) is 17.8. The molecule has 0 fully saturated rings. The molecule has 1 atom stereocenters. The molecule has 2 rings (SSSR count). The van der Waals surface area contributed by atoms with Gasteiger partial charge in [0.05, 0.1) is 11.8 Å². The topological polar surface area (TPSA) is 29.1 Å². The number of carbonyl (C=O) groups is 1. The summed E-state index contributed by atoms with van der Waals surface area (Å²) in [5.74, 6) is -0.339. The van der Waals surface area contributed by atoms with Crippen LogP contribution >= 0.6 is 23.4 Å². The van der Waals surface area contributed by atoms with Crippen LogP contribution in [-0.4, -0.2) is 11.7 Å². The zero-order valence-corrected chi connectivity index (χ0v) is 14.1. The van der Waals surface area contributed by atoms with E-state index in [1.165, 1.54) is 30.0 Å². The second-order valence-corrected chi connectivity index (χ2v) is 6.43. The Balaban J connectivity index is 1.82. The quantitative estimate of drug-likeness (QED) is 0.811. The van der Waals surface area contributed by atoms with E-state index in [1.54, 1.807) is 24.3 Å². The lowest BCUT2D eigenvalue weighted by Gasteiger charge is -2.14. The molecule has 122 valence electrons. The summed E-state index contributed by atoms with van der Waals surface area (Å²) >= 11 is 7.22. The van der Waals surface area contributed by atoms with E-state index in [2.05, 4.69) is 5.32 Å². The summed E-state index contributed by atoms with van der Waals surface area (Å²) in [5, 5.41) is 3.18. The van der Waals surface area contributed by atoms with Crippen molar-refractivity contribution < 1.29 is 13.6 Å². The minimum absolute atomic E-state index is 0.167. The number of thioether (sulfide) groups is 1.